The number of hydrazine groups is 1. The summed E-state index contributed by atoms with van der Waals surface area (Å²) in [6.45, 7) is 0. The smallest absolute Gasteiger partial charge is 0.267 e. The Morgan fingerprint density at radius 3 is 2.57 bits per heavy atom. The molecule has 1 aromatic carbocycles. The van der Waals surface area contributed by atoms with Crippen molar-refractivity contribution in [1.82, 2.24) is 15.2 Å². The maximum atomic E-state index is 12.3. The van der Waals surface area contributed by atoms with Gasteiger partial charge in [-0.2, -0.15) is 0 Å². The Kier molecular flexibility index (Phi) is 5.14. The second-order valence-corrected chi connectivity index (χ2v) is 5.97. The fraction of sp³-hybridized carbons (Fsp3) is 0.143. The zero-order valence-electron chi connectivity index (χ0n) is 12.4. The van der Waals surface area contributed by atoms with Crippen LogP contribution >= 0.6 is 0 Å². The van der Waals surface area contributed by atoms with Crippen molar-refractivity contribution in [3.8, 4) is 11.5 Å². The standard InChI is InChI=1S/C14H15N3O5S/c1-21-11-5-6-12(22-2)13(8-11)23(19,20)17-16-14(18)10-4-3-7-15-9-10/h3-9,17H,1-2H3,(H,16,18). The van der Waals surface area contributed by atoms with Gasteiger partial charge in [-0.05, 0) is 24.3 Å². The molecule has 0 aliphatic heterocycles. The van der Waals surface area contributed by atoms with Gasteiger partial charge in [-0.3, -0.25) is 15.2 Å². The predicted molar refractivity (Wildman–Crippen MR) is 81.6 cm³/mol. The maximum absolute atomic E-state index is 12.3. The summed E-state index contributed by atoms with van der Waals surface area (Å²) in [7, 11) is -1.29. The summed E-state index contributed by atoms with van der Waals surface area (Å²) in [4.78, 5) is 17.5. The molecule has 0 bridgehead atoms. The third kappa shape index (κ3) is 3.96. The summed E-state index contributed by atoms with van der Waals surface area (Å²) >= 11 is 0. The lowest BCUT2D eigenvalue weighted by atomic mass is 10.3. The first-order valence-corrected chi connectivity index (χ1v) is 7.90. The highest BCUT2D eigenvalue weighted by Gasteiger charge is 2.21. The largest absolute Gasteiger partial charge is 0.497 e. The van der Waals surface area contributed by atoms with Gasteiger partial charge in [0, 0.05) is 18.5 Å². The summed E-state index contributed by atoms with van der Waals surface area (Å²) in [6.07, 6.45) is 2.82. The van der Waals surface area contributed by atoms with Crippen molar-refractivity contribution in [3.05, 3.63) is 48.3 Å². The van der Waals surface area contributed by atoms with Crippen molar-refractivity contribution >= 4 is 15.9 Å². The van der Waals surface area contributed by atoms with Crippen LogP contribution in [0.2, 0.25) is 0 Å². The van der Waals surface area contributed by atoms with E-state index in [0.717, 1.165) is 0 Å². The maximum Gasteiger partial charge on any atom is 0.267 e. The van der Waals surface area contributed by atoms with Crippen LogP contribution < -0.4 is 19.7 Å². The highest BCUT2D eigenvalue weighted by Crippen LogP contribution is 2.27. The summed E-state index contributed by atoms with van der Waals surface area (Å²) in [5, 5.41) is 0. The quantitative estimate of drug-likeness (QED) is 0.752. The Morgan fingerprint density at radius 1 is 1.17 bits per heavy atom. The van der Waals surface area contributed by atoms with Gasteiger partial charge in [-0.15, -0.1) is 4.83 Å². The number of carbonyl (C=O) groups excluding carboxylic acids is 1. The first-order valence-electron chi connectivity index (χ1n) is 6.42. The minimum absolute atomic E-state index is 0.119. The van der Waals surface area contributed by atoms with Crippen molar-refractivity contribution < 1.29 is 22.7 Å². The molecule has 9 heteroatoms. The first kappa shape index (κ1) is 16.7. The van der Waals surface area contributed by atoms with Crippen LogP contribution in [0.1, 0.15) is 10.4 Å². The van der Waals surface area contributed by atoms with E-state index in [1.54, 1.807) is 12.1 Å². The van der Waals surface area contributed by atoms with Gasteiger partial charge >= 0.3 is 0 Å². The van der Waals surface area contributed by atoms with Crippen LogP contribution in [0, 0.1) is 0 Å². The van der Waals surface area contributed by atoms with Crippen LogP contribution in [-0.4, -0.2) is 33.5 Å². The second kappa shape index (κ2) is 7.07. The van der Waals surface area contributed by atoms with E-state index < -0.39 is 15.9 Å². The number of hydrogen-bond acceptors (Lipinski definition) is 6. The number of rotatable bonds is 6. The molecule has 8 nitrogen and oxygen atoms in total. The van der Waals surface area contributed by atoms with E-state index in [-0.39, 0.29) is 16.2 Å². The summed E-state index contributed by atoms with van der Waals surface area (Å²) in [5.41, 5.74) is 2.33. The van der Waals surface area contributed by atoms with Crippen LogP contribution in [0.5, 0.6) is 11.5 Å². The van der Waals surface area contributed by atoms with Crippen molar-refractivity contribution in [2.75, 3.05) is 14.2 Å². The zero-order chi connectivity index (χ0) is 16.9. The Bertz CT molecular complexity index is 793. The normalized spacial score (nSPS) is 10.9. The van der Waals surface area contributed by atoms with E-state index in [2.05, 4.69) is 10.4 Å². The number of pyridine rings is 1. The fourth-order valence-corrected chi connectivity index (χ4v) is 2.76. The Morgan fingerprint density at radius 2 is 1.96 bits per heavy atom. The molecule has 2 rings (SSSR count). The Labute approximate surface area is 133 Å². The average molecular weight is 337 g/mol. The van der Waals surface area contributed by atoms with Gasteiger partial charge in [0.05, 0.1) is 19.8 Å². The molecule has 2 N–H and O–H groups in total. The van der Waals surface area contributed by atoms with E-state index in [4.69, 9.17) is 9.47 Å². The molecule has 1 heterocycles. The number of methoxy groups -OCH3 is 2. The third-order valence-corrected chi connectivity index (χ3v) is 4.15. The van der Waals surface area contributed by atoms with Crippen LogP contribution in [0.15, 0.2) is 47.6 Å². The minimum Gasteiger partial charge on any atom is -0.497 e. The van der Waals surface area contributed by atoms with Crippen LogP contribution in [0.25, 0.3) is 0 Å². The highest BCUT2D eigenvalue weighted by molar-refractivity contribution is 7.89. The number of hydrogen-bond donors (Lipinski definition) is 2. The zero-order valence-corrected chi connectivity index (χ0v) is 13.3. The van der Waals surface area contributed by atoms with E-state index in [1.807, 2.05) is 4.83 Å². The molecule has 0 spiro atoms. The predicted octanol–water partition coefficient (Wildman–Crippen LogP) is 0.722. The average Bonchev–Trinajstić information content (AvgIpc) is 2.59. The van der Waals surface area contributed by atoms with Crippen molar-refractivity contribution in [3.63, 3.8) is 0 Å². The Balaban J connectivity index is 2.21. The monoisotopic (exact) mass is 337 g/mol. The lowest BCUT2D eigenvalue weighted by Gasteiger charge is -2.12. The van der Waals surface area contributed by atoms with Gasteiger partial charge in [0.2, 0.25) is 0 Å². The molecule has 0 saturated heterocycles. The number of nitrogens with one attached hydrogen (secondary N) is 2. The molecule has 23 heavy (non-hydrogen) atoms. The number of amides is 1. The van der Waals surface area contributed by atoms with E-state index in [9.17, 15) is 13.2 Å². The third-order valence-electron chi connectivity index (χ3n) is 2.88. The molecular formula is C14H15N3O5S. The van der Waals surface area contributed by atoms with Crippen molar-refractivity contribution in [2.45, 2.75) is 4.90 Å². The number of sulfonamides is 1. The first-order chi connectivity index (χ1) is 11.0. The molecule has 2 aromatic rings. The molecule has 0 aliphatic carbocycles. The summed E-state index contributed by atoms with van der Waals surface area (Å²) in [5.74, 6) is -0.178. The summed E-state index contributed by atoms with van der Waals surface area (Å²) in [6, 6.07) is 7.37. The molecule has 122 valence electrons. The Hall–Kier alpha value is -2.65. The molecule has 0 unspecified atom stereocenters. The van der Waals surface area contributed by atoms with Crippen LogP contribution in [0.4, 0.5) is 0 Å². The minimum atomic E-state index is -4.05. The molecule has 0 radical (unpaired) electrons. The van der Waals surface area contributed by atoms with Gasteiger partial charge in [0.1, 0.15) is 16.4 Å². The molecule has 0 aliphatic rings. The van der Waals surface area contributed by atoms with Gasteiger partial charge in [-0.25, -0.2) is 8.42 Å². The van der Waals surface area contributed by atoms with E-state index in [0.29, 0.717) is 5.75 Å². The molecule has 1 amide bonds. The lowest BCUT2D eigenvalue weighted by Crippen LogP contribution is -2.41. The number of carbonyl (C=O) groups is 1. The highest BCUT2D eigenvalue weighted by atomic mass is 32.2. The number of ether oxygens (including phenoxy) is 2. The molecule has 0 atom stereocenters. The SMILES string of the molecule is COc1ccc(OC)c(S(=O)(=O)NNC(=O)c2cccnc2)c1. The number of nitrogens with zero attached hydrogens (tertiary/aromatic N) is 1. The van der Waals surface area contributed by atoms with Crippen molar-refractivity contribution in [2.24, 2.45) is 0 Å². The van der Waals surface area contributed by atoms with Gasteiger partial charge < -0.3 is 9.47 Å². The molecule has 1 aromatic heterocycles. The van der Waals surface area contributed by atoms with Crippen molar-refractivity contribution in [1.29, 1.82) is 0 Å². The van der Waals surface area contributed by atoms with Crippen LogP contribution in [-0.2, 0) is 10.0 Å². The molecular weight excluding hydrogens is 322 g/mol. The van der Waals surface area contributed by atoms with Crippen LogP contribution in [0.3, 0.4) is 0 Å². The molecule has 0 fully saturated rings. The van der Waals surface area contributed by atoms with Gasteiger partial charge in [-0.1, -0.05) is 0 Å². The summed E-state index contributed by atoms with van der Waals surface area (Å²) < 4.78 is 34.7. The topological polar surface area (TPSA) is 107 Å². The number of aromatic nitrogens is 1. The lowest BCUT2D eigenvalue weighted by molar-refractivity contribution is 0.0944. The fourth-order valence-electron chi connectivity index (χ4n) is 1.73. The second-order valence-electron chi connectivity index (χ2n) is 4.32. The van der Waals surface area contributed by atoms with E-state index >= 15 is 0 Å². The molecule has 0 saturated carbocycles. The van der Waals surface area contributed by atoms with Gasteiger partial charge in [0.25, 0.3) is 15.9 Å². The number of benzene rings is 1. The van der Waals surface area contributed by atoms with E-state index in [1.165, 1.54) is 44.8 Å². The van der Waals surface area contributed by atoms with Gasteiger partial charge in [0.15, 0.2) is 0 Å².